The summed E-state index contributed by atoms with van der Waals surface area (Å²) in [6, 6.07) is 5.12. The van der Waals surface area contributed by atoms with E-state index in [0.29, 0.717) is 11.1 Å². The van der Waals surface area contributed by atoms with Crippen LogP contribution in [0.1, 0.15) is 0 Å². The van der Waals surface area contributed by atoms with Crippen molar-refractivity contribution >= 4 is 33.8 Å². The molecule has 0 bridgehead atoms. The molecule has 68 valence electrons. The maximum atomic E-state index is 11.3. The molecule has 0 saturated carbocycles. The number of hydrogen-bond acceptors (Lipinski definition) is 4. The van der Waals surface area contributed by atoms with E-state index in [-0.39, 0.29) is 5.56 Å². The maximum absolute atomic E-state index is 11.3. The second-order valence-corrected chi connectivity index (χ2v) is 2.86. The number of aliphatic imine (C=N–C) groups is 1. The summed E-state index contributed by atoms with van der Waals surface area (Å²) < 4.78 is 0. The average Bonchev–Trinajstić information content (AvgIpc) is 2.18. The molecule has 0 unspecified atom stereocenters. The minimum Gasteiger partial charge on any atom is -0.267 e. The zero-order valence-corrected chi connectivity index (χ0v) is 7.84. The molecule has 0 aliphatic heterocycles. The molecule has 0 spiro atoms. The Morgan fingerprint density at radius 3 is 3.14 bits per heavy atom. The lowest BCUT2D eigenvalue weighted by atomic mass is 10.2. The molecule has 1 aromatic carbocycles. The molecule has 2 rings (SSSR count). The van der Waals surface area contributed by atoms with Crippen molar-refractivity contribution < 1.29 is 0 Å². The topological polar surface area (TPSA) is 58.1 Å². The van der Waals surface area contributed by atoms with Crippen molar-refractivity contribution in [2.45, 2.75) is 0 Å². The number of isothiocyanates is 1. The van der Waals surface area contributed by atoms with Crippen LogP contribution >= 0.6 is 12.2 Å². The van der Waals surface area contributed by atoms with Crippen molar-refractivity contribution in [3.05, 3.63) is 34.7 Å². The van der Waals surface area contributed by atoms with Crippen molar-refractivity contribution in [3.8, 4) is 0 Å². The highest BCUT2D eigenvalue weighted by atomic mass is 32.1. The van der Waals surface area contributed by atoms with Gasteiger partial charge in [-0.15, -0.1) is 0 Å². The van der Waals surface area contributed by atoms with E-state index in [9.17, 15) is 4.79 Å². The minimum atomic E-state index is -0.208. The summed E-state index contributed by atoms with van der Waals surface area (Å²) in [5, 5.41) is 9.63. The van der Waals surface area contributed by atoms with Crippen molar-refractivity contribution in [3.63, 3.8) is 0 Å². The first-order valence-corrected chi connectivity index (χ1v) is 4.27. The van der Waals surface area contributed by atoms with Crippen molar-refractivity contribution in [1.82, 2.24) is 10.2 Å². The standard InChI is InChI=1S/C9H5N3OS/c13-9-8-2-1-7(10-5-14)3-6(8)4-11-12-9/h1-4H,(H,12,13). The van der Waals surface area contributed by atoms with E-state index in [0.717, 1.165) is 5.39 Å². The molecule has 5 heteroatoms. The van der Waals surface area contributed by atoms with Crippen molar-refractivity contribution in [2.75, 3.05) is 0 Å². The van der Waals surface area contributed by atoms with Crippen LogP contribution in [-0.4, -0.2) is 15.4 Å². The number of hydrogen-bond donors (Lipinski definition) is 1. The average molecular weight is 203 g/mol. The summed E-state index contributed by atoms with van der Waals surface area (Å²) in [5.41, 5.74) is 0.459. The predicted octanol–water partition coefficient (Wildman–Crippen LogP) is 1.66. The molecule has 0 aliphatic carbocycles. The second kappa shape index (κ2) is 3.49. The van der Waals surface area contributed by atoms with Crippen LogP contribution in [0.25, 0.3) is 10.8 Å². The number of nitrogens with zero attached hydrogens (tertiary/aromatic N) is 2. The Morgan fingerprint density at radius 2 is 2.36 bits per heavy atom. The van der Waals surface area contributed by atoms with E-state index in [2.05, 4.69) is 32.6 Å². The third-order valence-electron chi connectivity index (χ3n) is 1.82. The molecule has 4 nitrogen and oxygen atoms in total. The highest BCUT2D eigenvalue weighted by Crippen LogP contribution is 2.16. The highest BCUT2D eigenvalue weighted by Gasteiger charge is 1.98. The van der Waals surface area contributed by atoms with Gasteiger partial charge in [0.15, 0.2) is 0 Å². The third kappa shape index (κ3) is 1.46. The zero-order chi connectivity index (χ0) is 9.97. The van der Waals surface area contributed by atoms with Crippen molar-refractivity contribution in [1.29, 1.82) is 0 Å². The van der Waals surface area contributed by atoms with Crippen LogP contribution in [-0.2, 0) is 0 Å². The number of rotatable bonds is 1. The van der Waals surface area contributed by atoms with E-state index < -0.39 is 0 Å². The SMILES string of the molecule is O=c1[nH]ncc2cc(N=C=S)ccc12. The number of benzene rings is 1. The summed E-state index contributed by atoms with van der Waals surface area (Å²) in [6.45, 7) is 0. The molecule has 0 fully saturated rings. The van der Waals surface area contributed by atoms with Crippen LogP contribution in [0.2, 0.25) is 0 Å². The first-order valence-electron chi connectivity index (χ1n) is 3.86. The molecule has 0 atom stereocenters. The zero-order valence-electron chi connectivity index (χ0n) is 7.02. The number of fused-ring (bicyclic) bond motifs is 1. The van der Waals surface area contributed by atoms with Crippen LogP contribution in [0.5, 0.6) is 0 Å². The molecular weight excluding hydrogens is 198 g/mol. The lowest BCUT2D eigenvalue weighted by Gasteiger charge is -1.95. The van der Waals surface area contributed by atoms with E-state index in [1.54, 1.807) is 24.4 Å². The summed E-state index contributed by atoms with van der Waals surface area (Å²) >= 11 is 4.48. The van der Waals surface area contributed by atoms with Crippen LogP contribution < -0.4 is 5.56 Å². The van der Waals surface area contributed by atoms with Gasteiger partial charge in [-0.25, -0.2) is 5.10 Å². The largest absolute Gasteiger partial charge is 0.272 e. The number of aromatic amines is 1. The molecular formula is C9H5N3OS. The summed E-state index contributed by atoms with van der Waals surface area (Å²) in [5.74, 6) is 0. The molecule has 2 aromatic rings. The van der Waals surface area contributed by atoms with Crippen LogP contribution in [0.4, 0.5) is 5.69 Å². The fraction of sp³-hybridized carbons (Fsp3) is 0. The molecule has 1 N–H and O–H groups in total. The maximum Gasteiger partial charge on any atom is 0.272 e. The van der Waals surface area contributed by atoms with Gasteiger partial charge in [-0.2, -0.15) is 10.1 Å². The highest BCUT2D eigenvalue weighted by molar-refractivity contribution is 7.78. The molecule has 14 heavy (non-hydrogen) atoms. The predicted molar refractivity (Wildman–Crippen MR) is 57.0 cm³/mol. The smallest absolute Gasteiger partial charge is 0.267 e. The molecule has 0 radical (unpaired) electrons. The fourth-order valence-corrected chi connectivity index (χ4v) is 1.31. The van der Waals surface area contributed by atoms with Gasteiger partial charge in [0.05, 0.1) is 22.4 Å². The first kappa shape index (κ1) is 8.74. The molecule has 0 saturated heterocycles. The van der Waals surface area contributed by atoms with Crippen molar-refractivity contribution in [2.24, 2.45) is 4.99 Å². The molecule has 0 aliphatic rings. The second-order valence-electron chi connectivity index (χ2n) is 2.67. The van der Waals surface area contributed by atoms with Gasteiger partial charge < -0.3 is 0 Å². The van der Waals surface area contributed by atoms with E-state index >= 15 is 0 Å². The van der Waals surface area contributed by atoms with Gasteiger partial charge >= 0.3 is 0 Å². The lowest BCUT2D eigenvalue weighted by molar-refractivity contribution is 1.01. The van der Waals surface area contributed by atoms with Gasteiger partial charge in [-0.1, -0.05) is 0 Å². The first-order chi connectivity index (χ1) is 6.81. The Bertz CT molecular complexity index is 584. The van der Waals surface area contributed by atoms with Crippen LogP contribution in [0.15, 0.2) is 34.2 Å². The summed E-state index contributed by atoms with van der Waals surface area (Å²) in [4.78, 5) is 15.1. The lowest BCUT2D eigenvalue weighted by Crippen LogP contribution is -2.06. The minimum absolute atomic E-state index is 0.208. The molecule has 1 aromatic heterocycles. The van der Waals surface area contributed by atoms with Crippen LogP contribution in [0, 0.1) is 0 Å². The van der Waals surface area contributed by atoms with Crippen LogP contribution in [0.3, 0.4) is 0 Å². The Balaban J connectivity index is 2.79. The Kier molecular flexibility index (Phi) is 2.18. The Hall–Kier alpha value is -1.84. The van der Waals surface area contributed by atoms with Gasteiger partial charge in [-0.05, 0) is 30.4 Å². The molecule has 1 heterocycles. The Labute approximate surface area is 84.3 Å². The number of aromatic nitrogens is 2. The molecule has 0 amide bonds. The fourth-order valence-electron chi connectivity index (χ4n) is 1.21. The quantitative estimate of drug-likeness (QED) is 0.566. The number of H-pyrrole nitrogens is 1. The van der Waals surface area contributed by atoms with Gasteiger partial charge in [0, 0.05) is 5.39 Å². The van der Waals surface area contributed by atoms with E-state index in [1.807, 2.05) is 0 Å². The number of thiocarbonyl (C=S) groups is 1. The third-order valence-corrected chi connectivity index (χ3v) is 1.92. The van der Waals surface area contributed by atoms with E-state index in [1.165, 1.54) is 0 Å². The van der Waals surface area contributed by atoms with Gasteiger partial charge in [0.2, 0.25) is 0 Å². The summed E-state index contributed by atoms with van der Waals surface area (Å²) in [6.07, 6.45) is 1.57. The normalized spacial score (nSPS) is 9.71. The van der Waals surface area contributed by atoms with E-state index in [4.69, 9.17) is 0 Å². The Morgan fingerprint density at radius 1 is 1.50 bits per heavy atom. The van der Waals surface area contributed by atoms with Gasteiger partial charge in [0.25, 0.3) is 5.56 Å². The number of nitrogens with one attached hydrogen (secondary N) is 1. The van der Waals surface area contributed by atoms with Gasteiger partial charge in [-0.3, -0.25) is 4.79 Å². The monoisotopic (exact) mass is 203 g/mol. The summed E-state index contributed by atoms with van der Waals surface area (Å²) in [7, 11) is 0. The van der Waals surface area contributed by atoms with Gasteiger partial charge in [0.1, 0.15) is 0 Å².